The molecule has 3 fully saturated rings. The second-order valence-electron chi connectivity index (χ2n) is 6.99. The van der Waals surface area contributed by atoms with Gasteiger partial charge in [-0.2, -0.15) is 0 Å². The third kappa shape index (κ3) is 2.38. The molecule has 2 aliphatic carbocycles. The molecule has 1 aromatic rings. The third-order valence-corrected chi connectivity index (χ3v) is 5.63. The number of hydrogen-bond donors (Lipinski definition) is 1. The zero-order valence-corrected chi connectivity index (χ0v) is 12.2. The number of pyridine rings is 1. The maximum Gasteiger partial charge on any atom is 0.0338 e. The molecular formula is C17H25N3. The number of hydrogen-bond acceptors (Lipinski definition) is 3. The lowest BCUT2D eigenvalue weighted by Gasteiger charge is -2.48. The van der Waals surface area contributed by atoms with Gasteiger partial charge in [0, 0.05) is 43.6 Å². The average molecular weight is 271 g/mol. The summed E-state index contributed by atoms with van der Waals surface area (Å²) in [6, 6.07) is 5.09. The lowest BCUT2D eigenvalue weighted by Crippen LogP contribution is -2.63. The summed E-state index contributed by atoms with van der Waals surface area (Å²) in [6.45, 7) is 3.56. The van der Waals surface area contributed by atoms with Crippen molar-refractivity contribution in [1.29, 1.82) is 0 Å². The highest BCUT2D eigenvalue weighted by Crippen LogP contribution is 2.41. The van der Waals surface area contributed by atoms with Gasteiger partial charge < -0.3 is 5.32 Å². The molecule has 1 N–H and O–H groups in total. The van der Waals surface area contributed by atoms with Crippen LogP contribution in [0.2, 0.25) is 0 Å². The molecule has 3 aliphatic rings. The van der Waals surface area contributed by atoms with E-state index in [1.807, 2.05) is 12.4 Å². The van der Waals surface area contributed by atoms with Gasteiger partial charge in [0.25, 0.3) is 0 Å². The van der Waals surface area contributed by atoms with Crippen molar-refractivity contribution < 1.29 is 0 Å². The number of piperazine rings is 1. The standard InChI is InChI=1S/C17H25N3/c1-2-8-17(7-1)13-19-16(15-3-4-15)12-20(17)11-14-5-9-18-10-6-14/h5-6,9-10,15-16,19H,1-4,7-8,11-13H2. The maximum absolute atomic E-state index is 4.15. The zero-order chi connectivity index (χ0) is 13.4. The predicted molar refractivity (Wildman–Crippen MR) is 80.4 cm³/mol. The summed E-state index contributed by atoms with van der Waals surface area (Å²) in [5.41, 5.74) is 1.86. The largest absolute Gasteiger partial charge is 0.311 e. The SMILES string of the molecule is c1cc(CN2CC(C3CC3)NCC23CCCC3)ccn1. The van der Waals surface area contributed by atoms with Gasteiger partial charge in [0.1, 0.15) is 0 Å². The highest BCUT2D eigenvalue weighted by atomic mass is 15.3. The molecule has 1 aliphatic heterocycles. The summed E-state index contributed by atoms with van der Waals surface area (Å²) in [4.78, 5) is 6.95. The molecule has 1 aromatic heterocycles. The molecule has 1 spiro atoms. The first kappa shape index (κ1) is 12.8. The number of rotatable bonds is 3. The minimum atomic E-state index is 0.439. The topological polar surface area (TPSA) is 28.2 Å². The lowest BCUT2D eigenvalue weighted by molar-refractivity contribution is 0.0311. The van der Waals surface area contributed by atoms with Crippen LogP contribution >= 0.6 is 0 Å². The van der Waals surface area contributed by atoms with E-state index in [0.29, 0.717) is 5.54 Å². The van der Waals surface area contributed by atoms with Crippen molar-refractivity contribution >= 4 is 0 Å². The summed E-state index contributed by atoms with van der Waals surface area (Å²) in [7, 11) is 0. The van der Waals surface area contributed by atoms with Gasteiger partial charge in [-0.15, -0.1) is 0 Å². The first-order valence-corrected chi connectivity index (χ1v) is 8.23. The first-order valence-electron chi connectivity index (χ1n) is 8.23. The molecule has 108 valence electrons. The zero-order valence-electron chi connectivity index (χ0n) is 12.2. The molecule has 1 unspecified atom stereocenters. The fourth-order valence-electron chi connectivity index (χ4n) is 4.21. The average Bonchev–Trinajstić information content (AvgIpc) is 3.23. The molecule has 3 nitrogen and oxygen atoms in total. The van der Waals surface area contributed by atoms with Gasteiger partial charge in [-0.1, -0.05) is 12.8 Å². The summed E-state index contributed by atoms with van der Waals surface area (Å²) < 4.78 is 0. The number of aromatic nitrogens is 1. The van der Waals surface area contributed by atoms with E-state index in [-0.39, 0.29) is 0 Å². The molecule has 0 radical (unpaired) electrons. The van der Waals surface area contributed by atoms with Crippen LogP contribution in [-0.2, 0) is 6.54 Å². The first-order chi connectivity index (χ1) is 9.86. The molecule has 20 heavy (non-hydrogen) atoms. The van der Waals surface area contributed by atoms with Crippen LogP contribution in [0.3, 0.4) is 0 Å². The van der Waals surface area contributed by atoms with Crippen molar-refractivity contribution in [2.75, 3.05) is 13.1 Å². The van der Waals surface area contributed by atoms with Crippen LogP contribution in [0.25, 0.3) is 0 Å². The fourth-order valence-corrected chi connectivity index (χ4v) is 4.21. The van der Waals surface area contributed by atoms with Gasteiger partial charge in [-0.25, -0.2) is 0 Å². The van der Waals surface area contributed by atoms with E-state index in [1.165, 1.54) is 57.2 Å². The van der Waals surface area contributed by atoms with Crippen LogP contribution in [0.5, 0.6) is 0 Å². The second-order valence-corrected chi connectivity index (χ2v) is 6.99. The van der Waals surface area contributed by atoms with Crippen molar-refractivity contribution in [3.8, 4) is 0 Å². The highest BCUT2D eigenvalue weighted by molar-refractivity contribution is 5.13. The van der Waals surface area contributed by atoms with E-state index in [2.05, 4.69) is 27.3 Å². The van der Waals surface area contributed by atoms with Gasteiger partial charge in [-0.05, 0) is 49.3 Å². The molecular weight excluding hydrogens is 246 g/mol. The Bertz CT molecular complexity index is 449. The quantitative estimate of drug-likeness (QED) is 0.916. The Labute approximate surface area is 121 Å². The highest BCUT2D eigenvalue weighted by Gasteiger charge is 2.46. The number of nitrogens with one attached hydrogen (secondary N) is 1. The van der Waals surface area contributed by atoms with Crippen LogP contribution in [0.1, 0.15) is 44.1 Å². The normalized spacial score (nSPS) is 29.9. The van der Waals surface area contributed by atoms with E-state index < -0.39 is 0 Å². The monoisotopic (exact) mass is 271 g/mol. The van der Waals surface area contributed by atoms with Gasteiger partial charge in [0.2, 0.25) is 0 Å². The van der Waals surface area contributed by atoms with Crippen LogP contribution in [0.15, 0.2) is 24.5 Å². The van der Waals surface area contributed by atoms with Crippen molar-refractivity contribution in [3.05, 3.63) is 30.1 Å². The van der Waals surface area contributed by atoms with Crippen LogP contribution in [0, 0.1) is 5.92 Å². The Morgan fingerprint density at radius 3 is 2.65 bits per heavy atom. The van der Waals surface area contributed by atoms with Crippen molar-refractivity contribution in [1.82, 2.24) is 15.2 Å². The third-order valence-electron chi connectivity index (χ3n) is 5.63. The molecule has 4 rings (SSSR count). The number of nitrogens with zero attached hydrogens (tertiary/aromatic N) is 2. The molecule has 0 bridgehead atoms. The van der Waals surface area contributed by atoms with Gasteiger partial charge >= 0.3 is 0 Å². The summed E-state index contributed by atoms with van der Waals surface area (Å²) in [5.74, 6) is 0.952. The van der Waals surface area contributed by atoms with Crippen LogP contribution < -0.4 is 5.32 Å². The van der Waals surface area contributed by atoms with Gasteiger partial charge in [-0.3, -0.25) is 9.88 Å². The molecule has 3 heteroatoms. The predicted octanol–water partition coefficient (Wildman–Crippen LogP) is 2.58. The molecule has 1 saturated heterocycles. The second kappa shape index (κ2) is 5.12. The Kier molecular flexibility index (Phi) is 3.27. The van der Waals surface area contributed by atoms with E-state index in [0.717, 1.165) is 18.5 Å². The lowest BCUT2D eigenvalue weighted by atomic mass is 9.89. The Hall–Kier alpha value is -0.930. The Balaban J connectivity index is 1.53. The van der Waals surface area contributed by atoms with Crippen molar-refractivity contribution in [2.24, 2.45) is 5.92 Å². The minimum absolute atomic E-state index is 0.439. The minimum Gasteiger partial charge on any atom is -0.311 e. The van der Waals surface area contributed by atoms with Crippen molar-refractivity contribution in [2.45, 2.75) is 56.7 Å². The summed E-state index contributed by atoms with van der Waals surface area (Å²) in [5, 5.41) is 3.88. The van der Waals surface area contributed by atoms with E-state index in [9.17, 15) is 0 Å². The van der Waals surface area contributed by atoms with Crippen LogP contribution in [0.4, 0.5) is 0 Å². The summed E-state index contributed by atoms with van der Waals surface area (Å²) in [6.07, 6.45) is 12.3. The van der Waals surface area contributed by atoms with Gasteiger partial charge in [0.05, 0.1) is 0 Å². The molecule has 0 aromatic carbocycles. The van der Waals surface area contributed by atoms with Crippen molar-refractivity contribution in [3.63, 3.8) is 0 Å². The summed E-state index contributed by atoms with van der Waals surface area (Å²) >= 11 is 0. The van der Waals surface area contributed by atoms with Gasteiger partial charge in [0.15, 0.2) is 0 Å². The molecule has 1 atom stereocenters. The van der Waals surface area contributed by atoms with E-state index >= 15 is 0 Å². The molecule has 0 amide bonds. The molecule has 2 saturated carbocycles. The Morgan fingerprint density at radius 2 is 1.95 bits per heavy atom. The Morgan fingerprint density at radius 1 is 1.20 bits per heavy atom. The molecule has 2 heterocycles. The maximum atomic E-state index is 4.15. The van der Waals surface area contributed by atoms with E-state index in [1.54, 1.807) is 0 Å². The smallest absolute Gasteiger partial charge is 0.0338 e. The van der Waals surface area contributed by atoms with Crippen LogP contribution in [-0.4, -0.2) is 34.6 Å². The van der Waals surface area contributed by atoms with E-state index in [4.69, 9.17) is 0 Å². The fraction of sp³-hybridized carbons (Fsp3) is 0.706.